The molecule has 1 aromatic heterocycles. The average molecular weight is 333 g/mol. The van der Waals surface area contributed by atoms with Gasteiger partial charge in [-0.05, 0) is 30.3 Å². The largest absolute Gasteiger partial charge is 0.497 e. The van der Waals surface area contributed by atoms with Gasteiger partial charge in [-0.25, -0.2) is 4.98 Å². The minimum absolute atomic E-state index is 0.104. The van der Waals surface area contributed by atoms with Crippen molar-refractivity contribution in [3.8, 4) is 28.4 Å². The highest BCUT2D eigenvalue weighted by molar-refractivity contribution is 5.98. The normalized spacial score (nSPS) is 12.5. The highest BCUT2D eigenvalue weighted by Gasteiger charge is 2.27. The lowest BCUT2D eigenvalue weighted by Crippen LogP contribution is -2.35. The third-order valence-electron chi connectivity index (χ3n) is 4.56. The molecule has 0 bridgehead atoms. The number of rotatable bonds is 3. The zero-order valence-electron chi connectivity index (χ0n) is 14.3. The molecular weight excluding hydrogens is 314 g/mol. The fourth-order valence-corrected chi connectivity index (χ4v) is 3.25. The van der Waals surface area contributed by atoms with Crippen LogP contribution in [0.1, 0.15) is 13.3 Å². The summed E-state index contributed by atoms with van der Waals surface area (Å²) in [7, 11) is 1.65. The molecule has 0 unspecified atom stereocenters. The average Bonchev–Trinajstić information content (AvgIpc) is 3.11. The first-order chi connectivity index (χ1) is 12.2. The van der Waals surface area contributed by atoms with Crippen molar-refractivity contribution in [1.82, 2.24) is 9.55 Å². The van der Waals surface area contributed by atoms with Crippen LogP contribution in [0.4, 0.5) is 5.69 Å². The molecule has 2 aromatic carbocycles. The number of aromatic nitrogens is 2. The van der Waals surface area contributed by atoms with E-state index in [0.29, 0.717) is 13.1 Å². The second-order valence-corrected chi connectivity index (χ2v) is 5.96. The lowest BCUT2D eigenvalue weighted by Gasteiger charge is -2.31. The number of methoxy groups -OCH3 is 1. The minimum atomic E-state index is 0.104. The van der Waals surface area contributed by atoms with Crippen molar-refractivity contribution in [2.75, 3.05) is 12.0 Å². The number of amides is 1. The molecule has 1 aliphatic heterocycles. The van der Waals surface area contributed by atoms with Crippen molar-refractivity contribution in [2.24, 2.45) is 0 Å². The number of hydrogen-bond acceptors (Lipinski definition) is 3. The summed E-state index contributed by atoms with van der Waals surface area (Å²) in [6.07, 6.45) is 2.35. The van der Waals surface area contributed by atoms with E-state index in [-0.39, 0.29) is 5.91 Å². The highest BCUT2D eigenvalue weighted by atomic mass is 16.5. The Morgan fingerprint density at radius 3 is 2.64 bits per heavy atom. The molecule has 0 saturated heterocycles. The van der Waals surface area contributed by atoms with Crippen LogP contribution in [0.15, 0.2) is 54.7 Å². The summed E-state index contributed by atoms with van der Waals surface area (Å²) in [4.78, 5) is 18.9. The third kappa shape index (κ3) is 2.48. The van der Waals surface area contributed by atoms with E-state index in [2.05, 4.69) is 9.55 Å². The molecule has 0 spiro atoms. The van der Waals surface area contributed by atoms with Crippen LogP contribution in [0, 0.1) is 0 Å². The predicted molar refractivity (Wildman–Crippen MR) is 97.4 cm³/mol. The van der Waals surface area contributed by atoms with Crippen LogP contribution in [0.3, 0.4) is 0 Å². The summed E-state index contributed by atoms with van der Waals surface area (Å²) in [5, 5.41) is 0. The first-order valence-electron chi connectivity index (χ1n) is 8.32. The highest BCUT2D eigenvalue weighted by Crippen LogP contribution is 2.38. The van der Waals surface area contributed by atoms with Crippen molar-refractivity contribution in [2.45, 2.75) is 20.0 Å². The fraction of sp³-hybridized carbons (Fsp3) is 0.200. The molecule has 1 aliphatic rings. The Kier molecular flexibility index (Phi) is 3.76. The summed E-state index contributed by atoms with van der Waals surface area (Å²) in [5.41, 5.74) is 4.00. The van der Waals surface area contributed by atoms with Gasteiger partial charge in [-0.3, -0.25) is 9.69 Å². The molecule has 3 aromatic rings. The Morgan fingerprint density at radius 2 is 1.92 bits per heavy atom. The van der Waals surface area contributed by atoms with E-state index < -0.39 is 0 Å². The number of nitrogens with zero attached hydrogens (tertiary/aromatic N) is 3. The number of anilines is 1. The lowest BCUT2D eigenvalue weighted by atomic mass is 10.1. The third-order valence-corrected chi connectivity index (χ3v) is 4.56. The summed E-state index contributed by atoms with van der Waals surface area (Å²) >= 11 is 0. The van der Waals surface area contributed by atoms with Gasteiger partial charge in [0, 0.05) is 17.5 Å². The van der Waals surface area contributed by atoms with E-state index in [1.165, 1.54) is 0 Å². The van der Waals surface area contributed by atoms with E-state index in [9.17, 15) is 4.79 Å². The number of fused-ring (bicyclic) bond motifs is 3. The van der Waals surface area contributed by atoms with Crippen molar-refractivity contribution >= 4 is 11.6 Å². The molecule has 0 aliphatic carbocycles. The Bertz CT molecular complexity index is 928. The van der Waals surface area contributed by atoms with Crippen LogP contribution in [0.5, 0.6) is 5.75 Å². The summed E-state index contributed by atoms with van der Waals surface area (Å²) in [5.74, 6) is 1.76. The topological polar surface area (TPSA) is 47.4 Å². The van der Waals surface area contributed by atoms with Crippen LogP contribution in [0.2, 0.25) is 0 Å². The maximum atomic E-state index is 12.5. The SMILES string of the molecule is CCC(=O)N1Cn2c(cnc2-c2ccc(OC)cc2)-c2ccccc21. The fourth-order valence-electron chi connectivity index (χ4n) is 3.25. The molecule has 0 radical (unpaired) electrons. The van der Waals surface area contributed by atoms with Crippen molar-refractivity contribution in [1.29, 1.82) is 0 Å². The van der Waals surface area contributed by atoms with E-state index in [1.54, 1.807) is 7.11 Å². The molecule has 5 nitrogen and oxygen atoms in total. The molecule has 5 heteroatoms. The van der Waals surface area contributed by atoms with Gasteiger partial charge in [0.05, 0.1) is 24.7 Å². The smallest absolute Gasteiger partial charge is 0.228 e. The molecule has 0 atom stereocenters. The van der Waals surface area contributed by atoms with Gasteiger partial charge in [-0.1, -0.05) is 25.1 Å². The van der Waals surface area contributed by atoms with Gasteiger partial charge in [-0.15, -0.1) is 0 Å². The molecule has 0 N–H and O–H groups in total. The number of ether oxygens (including phenoxy) is 1. The quantitative estimate of drug-likeness (QED) is 0.729. The van der Waals surface area contributed by atoms with Gasteiger partial charge in [-0.2, -0.15) is 0 Å². The minimum Gasteiger partial charge on any atom is -0.497 e. The standard InChI is InChI=1S/C20H19N3O2/c1-3-19(24)22-13-23-18(16-6-4-5-7-17(16)22)12-21-20(23)14-8-10-15(25-2)11-9-14/h4-12H,3,13H2,1-2H3. The molecule has 0 saturated carbocycles. The van der Waals surface area contributed by atoms with Crippen LogP contribution >= 0.6 is 0 Å². The zero-order valence-corrected chi connectivity index (χ0v) is 14.3. The molecular formula is C20H19N3O2. The van der Waals surface area contributed by atoms with Crippen LogP contribution in [0.25, 0.3) is 22.6 Å². The van der Waals surface area contributed by atoms with E-state index in [4.69, 9.17) is 4.74 Å². The van der Waals surface area contributed by atoms with E-state index >= 15 is 0 Å². The maximum Gasteiger partial charge on any atom is 0.228 e. The van der Waals surface area contributed by atoms with Gasteiger partial charge in [0.25, 0.3) is 0 Å². The molecule has 25 heavy (non-hydrogen) atoms. The summed E-state index contributed by atoms with van der Waals surface area (Å²) in [6.45, 7) is 2.36. The second kappa shape index (κ2) is 6.09. The van der Waals surface area contributed by atoms with E-state index in [0.717, 1.165) is 34.1 Å². The number of imidazole rings is 1. The summed E-state index contributed by atoms with van der Waals surface area (Å²) in [6, 6.07) is 15.8. The molecule has 0 fully saturated rings. The second-order valence-electron chi connectivity index (χ2n) is 5.96. The Morgan fingerprint density at radius 1 is 1.16 bits per heavy atom. The van der Waals surface area contributed by atoms with E-state index in [1.807, 2.05) is 66.6 Å². The number of carbonyl (C=O) groups is 1. The molecule has 4 rings (SSSR count). The number of hydrogen-bond donors (Lipinski definition) is 0. The van der Waals surface area contributed by atoms with Crippen molar-refractivity contribution in [3.05, 3.63) is 54.7 Å². The van der Waals surface area contributed by atoms with Gasteiger partial charge < -0.3 is 9.30 Å². The van der Waals surface area contributed by atoms with Crippen LogP contribution in [-0.4, -0.2) is 22.6 Å². The van der Waals surface area contributed by atoms with Crippen molar-refractivity contribution < 1.29 is 9.53 Å². The Balaban J connectivity index is 1.84. The molecule has 2 heterocycles. The van der Waals surface area contributed by atoms with Crippen molar-refractivity contribution in [3.63, 3.8) is 0 Å². The first kappa shape index (κ1) is 15.4. The van der Waals surface area contributed by atoms with Crippen LogP contribution in [-0.2, 0) is 11.5 Å². The number of para-hydroxylation sites is 1. The predicted octanol–water partition coefficient (Wildman–Crippen LogP) is 3.94. The number of carbonyl (C=O) groups excluding carboxylic acids is 1. The zero-order chi connectivity index (χ0) is 17.4. The van der Waals surface area contributed by atoms with Gasteiger partial charge in [0.2, 0.25) is 5.91 Å². The van der Waals surface area contributed by atoms with Crippen LogP contribution < -0.4 is 9.64 Å². The number of benzene rings is 2. The van der Waals surface area contributed by atoms with Gasteiger partial charge in [0.1, 0.15) is 18.2 Å². The molecule has 126 valence electrons. The summed E-state index contributed by atoms with van der Waals surface area (Å²) < 4.78 is 7.32. The van der Waals surface area contributed by atoms with Gasteiger partial charge >= 0.3 is 0 Å². The van der Waals surface area contributed by atoms with Gasteiger partial charge in [0.15, 0.2) is 0 Å². The maximum absolute atomic E-state index is 12.5. The molecule has 1 amide bonds. The lowest BCUT2D eigenvalue weighted by molar-refractivity contribution is -0.118. The Hall–Kier alpha value is -3.08. The Labute approximate surface area is 146 Å². The monoisotopic (exact) mass is 333 g/mol. The first-order valence-corrected chi connectivity index (χ1v) is 8.32.